The highest BCUT2D eigenvalue weighted by Gasteiger charge is 2.05. The average molecular weight is 359 g/mol. The van der Waals surface area contributed by atoms with Crippen LogP contribution >= 0.6 is 11.6 Å². The zero-order chi connectivity index (χ0) is 18.1. The molecule has 132 valence electrons. The van der Waals surface area contributed by atoms with Gasteiger partial charge in [-0.3, -0.25) is 9.79 Å². The Morgan fingerprint density at radius 3 is 2.64 bits per heavy atom. The van der Waals surface area contributed by atoms with E-state index in [4.69, 9.17) is 11.6 Å². The molecule has 25 heavy (non-hydrogen) atoms. The SMILES string of the molecule is CN=C(NCCc1ccccc1Cl)NCc1cccc(C(=O)NC)c1. The summed E-state index contributed by atoms with van der Waals surface area (Å²) in [5, 5.41) is 9.91. The van der Waals surface area contributed by atoms with Gasteiger partial charge in [-0.25, -0.2) is 0 Å². The lowest BCUT2D eigenvalue weighted by Crippen LogP contribution is -2.37. The van der Waals surface area contributed by atoms with E-state index in [-0.39, 0.29) is 5.91 Å². The van der Waals surface area contributed by atoms with Crippen LogP contribution in [0.1, 0.15) is 21.5 Å². The van der Waals surface area contributed by atoms with Crippen molar-refractivity contribution in [1.82, 2.24) is 16.0 Å². The van der Waals surface area contributed by atoms with E-state index in [0.29, 0.717) is 18.1 Å². The number of benzene rings is 2. The number of guanidine groups is 1. The maximum Gasteiger partial charge on any atom is 0.251 e. The third kappa shape index (κ3) is 5.80. The van der Waals surface area contributed by atoms with Gasteiger partial charge in [-0.05, 0) is 35.7 Å². The Bertz CT molecular complexity index is 746. The number of carbonyl (C=O) groups is 1. The first kappa shape index (κ1) is 18.8. The molecule has 0 aliphatic heterocycles. The summed E-state index contributed by atoms with van der Waals surface area (Å²) in [6, 6.07) is 15.3. The van der Waals surface area contributed by atoms with Gasteiger partial charge in [0.05, 0.1) is 0 Å². The van der Waals surface area contributed by atoms with E-state index in [2.05, 4.69) is 20.9 Å². The molecule has 0 unspecified atom stereocenters. The molecule has 6 heteroatoms. The number of hydrogen-bond donors (Lipinski definition) is 3. The molecule has 2 aromatic rings. The van der Waals surface area contributed by atoms with E-state index >= 15 is 0 Å². The molecule has 1 amide bonds. The molecule has 5 nitrogen and oxygen atoms in total. The first-order valence-electron chi connectivity index (χ1n) is 8.13. The van der Waals surface area contributed by atoms with Crippen LogP contribution in [-0.4, -0.2) is 32.5 Å². The molecule has 0 bridgehead atoms. The predicted octanol–water partition coefficient (Wildman–Crippen LogP) is 2.61. The highest BCUT2D eigenvalue weighted by molar-refractivity contribution is 6.31. The van der Waals surface area contributed by atoms with Crippen molar-refractivity contribution in [3.63, 3.8) is 0 Å². The minimum atomic E-state index is -0.0934. The monoisotopic (exact) mass is 358 g/mol. The fourth-order valence-electron chi connectivity index (χ4n) is 2.39. The van der Waals surface area contributed by atoms with Gasteiger partial charge in [0.2, 0.25) is 0 Å². The molecule has 0 radical (unpaired) electrons. The van der Waals surface area contributed by atoms with Gasteiger partial charge in [0.1, 0.15) is 0 Å². The lowest BCUT2D eigenvalue weighted by atomic mass is 10.1. The Hall–Kier alpha value is -2.53. The zero-order valence-corrected chi connectivity index (χ0v) is 15.2. The number of rotatable bonds is 6. The molecule has 0 heterocycles. The number of aliphatic imine (C=N–C) groups is 1. The van der Waals surface area contributed by atoms with Crippen LogP contribution in [0.2, 0.25) is 5.02 Å². The number of halogens is 1. The van der Waals surface area contributed by atoms with Gasteiger partial charge in [-0.2, -0.15) is 0 Å². The van der Waals surface area contributed by atoms with Crippen LogP contribution in [0.4, 0.5) is 0 Å². The summed E-state index contributed by atoms with van der Waals surface area (Å²) >= 11 is 6.16. The normalized spacial score (nSPS) is 11.1. The first-order chi connectivity index (χ1) is 12.1. The molecule has 0 atom stereocenters. The van der Waals surface area contributed by atoms with Crippen molar-refractivity contribution in [2.45, 2.75) is 13.0 Å². The van der Waals surface area contributed by atoms with Crippen molar-refractivity contribution >= 4 is 23.5 Å². The first-order valence-corrected chi connectivity index (χ1v) is 8.50. The second kappa shape index (κ2) is 9.69. The molecule has 0 aliphatic rings. The minimum Gasteiger partial charge on any atom is -0.356 e. The Morgan fingerprint density at radius 1 is 1.12 bits per heavy atom. The summed E-state index contributed by atoms with van der Waals surface area (Å²) in [4.78, 5) is 15.9. The van der Waals surface area contributed by atoms with E-state index in [1.165, 1.54) is 0 Å². The van der Waals surface area contributed by atoms with Crippen LogP contribution in [0.25, 0.3) is 0 Å². The molecular formula is C19H23ClN4O. The van der Waals surface area contributed by atoms with Gasteiger partial charge >= 0.3 is 0 Å². The summed E-state index contributed by atoms with van der Waals surface area (Å²) in [6.45, 7) is 1.30. The lowest BCUT2D eigenvalue weighted by molar-refractivity contribution is 0.0963. The smallest absolute Gasteiger partial charge is 0.251 e. The maximum absolute atomic E-state index is 11.7. The third-order valence-corrected chi connectivity index (χ3v) is 4.11. The minimum absolute atomic E-state index is 0.0934. The van der Waals surface area contributed by atoms with Gasteiger partial charge in [-0.1, -0.05) is 41.9 Å². The van der Waals surface area contributed by atoms with Crippen molar-refractivity contribution < 1.29 is 4.79 Å². The summed E-state index contributed by atoms with van der Waals surface area (Å²) in [7, 11) is 3.35. The van der Waals surface area contributed by atoms with Gasteiger partial charge in [0.15, 0.2) is 5.96 Å². The van der Waals surface area contributed by atoms with E-state index in [1.54, 1.807) is 20.2 Å². The summed E-state index contributed by atoms with van der Waals surface area (Å²) < 4.78 is 0. The van der Waals surface area contributed by atoms with E-state index in [1.807, 2.05) is 42.5 Å². The summed E-state index contributed by atoms with van der Waals surface area (Å²) in [5.74, 6) is 0.612. The van der Waals surface area contributed by atoms with Crippen molar-refractivity contribution in [2.24, 2.45) is 4.99 Å². The largest absolute Gasteiger partial charge is 0.356 e. The Kier molecular flexibility index (Phi) is 7.29. The fraction of sp³-hybridized carbons (Fsp3) is 0.263. The number of amides is 1. The maximum atomic E-state index is 11.7. The number of hydrogen-bond acceptors (Lipinski definition) is 2. The fourth-order valence-corrected chi connectivity index (χ4v) is 2.62. The Morgan fingerprint density at radius 2 is 1.92 bits per heavy atom. The number of carbonyl (C=O) groups excluding carboxylic acids is 1. The molecule has 0 aliphatic carbocycles. The van der Waals surface area contributed by atoms with Gasteiger partial charge in [0, 0.05) is 37.8 Å². The second-order valence-corrected chi connectivity index (χ2v) is 5.88. The lowest BCUT2D eigenvalue weighted by Gasteiger charge is -2.13. The number of nitrogens with one attached hydrogen (secondary N) is 3. The van der Waals surface area contributed by atoms with E-state index in [9.17, 15) is 4.79 Å². The zero-order valence-electron chi connectivity index (χ0n) is 14.5. The van der Waals surface area contributed by atoms with Gasteiger partial charge in [-0.15, -0.1) is 0 Å². The summed E-state index contributed by atoms with van der Waals surface area (Å²) in [5.41, 5.74) is 2.75. The van der Waals surface area contributed by atoms with Crippen LogP contribution in [0.5, 0.6) is 0 Å². The van der Waals surface area contributed by atoms with Crippen LogP contribution in [0, 0.1) is 0 Å². The Labute approximate surface area is 153 Å². The van der Waals surface area contributed by atoms with Crippen molar-refractivity contribution in [3.8, 4) is 0 Å². The Balaban J connectivity index is 1.84. The molecule has 2 aromatic carbocycles. The molecular weight excluding hydrogens is 336 g/mol. The predicted molar refractivity (Wildman–Crippen MR) is 103 cm³/mol. The molecule has 0 aromatic heterocycles. The second-order valence-electron chi connectivity index (χ2n) is 5.47. The third-order valence-electron chi connectivity index (χ3n) is 3.74. The topological polar surface area (TPSA) is 65.5 Å². The van der Waals surface area contributed by atoms with Crippen LogP contribution in [0.15, 0.2) is 53.5 Å². The molecule has 3 N–H and O–H groups in total. The van der Waals surface area contributed by atoms with Crippen molar-refractivity contribution in [1.29, 1.82) is 0 Å². The molecule has 0 saturated carbocycles. The van der Waals surface area contributed by atoms with Crippen molar-refractivity contribution in [3.05, 3.63) is 70.2 Å². The molecule has 0 spiro atoms. The molecule has 2 rings (SSSR count). The van der Waals surface area contributed by atoms with Gasteiger partial charge < -0.3 is 16.0 Å². The molecule has 0 saturated heterocycles. The van der Waals surface area contributed by atoms with Crippen LogP contribution in [-0.2, 0) is 13.0 Å². The van der Waals surface area contributed by atoms with Crippen LogP contribution < -0.4 is 16.0 Å². The van der Waals surface area contributed by atoms with E-state index in [0.717, 1.165) is 29.1 Å². The number of nitrogens with zero attached hydrogens (tertiary/aromatic N) is 1. The highest BCUT2D eigenvalue weighted by atomic mass is 35.5. The van der Waals surface area contributed by atoms with E-state index < -0.39 is 0 Å². The van der Waals surface area contributed by atoms with Crippen molar-refractivity contribution in [2.75, 3.05) is 20.6 Å². The quantitative estimate of drug-likeness (QED) is 0.549. The van der Waals surface area contributed by atoms with Crippen LogP contribution in [0.3, 0.4) is 0 Å². The van der Waals surface area contributed by atoms with Gasteiger partial charge in [0.25, 0.3) is 5.91 Å². The average Bonchev–Trinajstić information content (AvgIpc) is 2.65. The summed E-state index contributed by atoms with van der Waals surface area (Å²) in [6.07, 6.45) is 0.812. The molecule has 0 fully saturated rings. The standard InChI is InChI=1S/C19H23ClN4O/c1-21-18(25)16-8-5-6-14(12-16)13-24-19(22-2)23-11-10-15-7-3-4-9-17(15)20/h3-9,12H,10-11,13H2,1-2H3,(H,21,25)(H2,22,23,24). The highest BCUT2D eigenvalue weighted by Crippen LogP contribution is 2.14.